The van der Waals surface area contributed by atoms with Crippen LogP contribution in [0.2, 0.25) is 0 Å². The summed E-state index contributed by atoms with van der Waals surface area (Å²) < 4.78 is 0. The predicted octanol–water partition coefficient (Wildman–Crippen LogP) is 1.02. The zero-order valence-electron chi connectivity index (χ0n) is 8.19. The van der Waals surface area contributed by atoms with Gasteiger partial charge >= 0.3 is 0 Å². The van der Waals surface area contributed by atoms with Gasteiger partial charge in [-0.3, -0.25) is 4.98 Å². The summed E-state index contributed by atoms with van der Waals surface area (Å²) in [6.07, 6.45) is 6.38. The molecule has 1 N–H and O–H groups in total. The maximum absolute atomic E-state index is 4.18. The van der Waals surface area contributed by atoms with E-state index in [4.69, 9.17) is 0 Å². The predicted molar refractivity (Wildman–Crippen MR) is 56.4 cm³/mol. The van der Waals surface area contributed by atoms with Crippen molar-refractivity contribution in [3.05, 3.63) is 24.5 Å². The van der Waals surface area contributed by atoms with Crippen LogP contribution in [0.4, 0.5) is 5.69 Å². The van der Waals surface area contributed by atoms with E-state index in [1.165, 1.54) is 25.1 Å². The molecule has 3 nitrogen and oxygen atoms in total. The molecule has 0 aliphatic carbocycles. The third-order valence-corrected chi connectivity index (χ3v) is 3.30. The molecular weight excluding hydrogens is 174 g/mol. The number of hydrogen-bond donors (Lipinski definition) is 1. The fourth-order valence-electron chi connectivity index (χ4n) is 2.63. The molecule has 3 heterocycles. The Hall–Kier alpha value is -1.09. The lowest BCUT2D eigenvalue weighted by atomic mass is 10.1. The smallest absolute Gasteiger partial charge is 0.0555 e. The highest BCUT2D eigenvalue weighted by Crippen LogP contribution is 2.28. The van der Waals surface area contributed by atoms with E-state index in [2.05, 4.69) is 21.3 Å². The molecule has 2 bridgehead atoms. The maximum Gasteiger partial charge on any atom is 0.0555 e. The van der Waals surface area contributed by atoms with Crippen molar-refractivity contribution in [3.8, 4) is 0 Å². The van der Waals surface area contributed by atoms with E-state index in [9.17, 15) is 0 Å². The van der Waals surface area contributed by atoms with Gasteiger partial charge < -0.3 is 10.2 Å². The average Bonchev–Trinajstić information content (AvgIpc) is 2.55. The van der Waals surface area contributed by atoms with Crippen molar-refractivity contribution in [2.75, 3.05) is 18.0 Å². The Labute approximate surface area is 84.1 Å². The summed E-state index contributed by atoms with van der Waals surface area (Å²) in [5.41, 5.74) is 1.28. The summed E-state index contributed by atoms with van der Waals surface area (Å²) in [4.78, 5) is 6.68. The van der Waals surface area contributed by atoms with Gasteiger partial charge in [-0.1, -0.05) is 0 Å². The van der Waals surface area contributed by atoms with Crippen molar-refractivity contribution in [1.82, 2.24) is 10.3 Å². The Morgan fingerprint density at radius 3 is 3.29 bits per heavy atom. The maximum atomic E-state index is 4.18. The molecular formula is C11H15N3. The molecule has 2 fully saturated rings. The van der Waals surface area contributed by atoms with Crippen molar-refractivity contribution in [1.29, 1.82) is 0 Å². The van der Waals surface area contributed by atoms with Gasteiger partial charge in [-0.05, 0) is 31.5 Å². The van der Waals surface area contributed by atoms with Crippen molar-refractivity contribution >= 4 is 5.69 Å². The van der Waals surface area contributed by atoms with Crippen molar-refractivity contribution in [3.63, 3.8) is 0 Å². The van der Waals surface area contributed by atoms with E-state index in [-0.39, 0.29) is 0 Å². The fourth-order valence-corrected chi connectivity index (χ4v) is 2.63. The van der Waals surface area contributed by atoms with Crippen LogP contribution >= 0.6 is 0 Å². The first-order valence-corrected chi connectivity index (χ1v) is 5.33. The molecule has 2 atom stereocenters. The van der Waals surface area contributed by atoms with Gasteiger partial charge in [-0.2, -0.15) is 0 Å². The highest BCUT2D eigenvalue weighted by atomic mass is 15.2. The molecule has 0 unspecified atom stereocenters. The zero-order valence-corrected chi connectivity index (χ0v) is 8.19. The Balaban J connectivity index is 1.86. The first-order chi connectivity index (χ1) is 6.93. The van der Waals surface area contributed by atoms with Crippen molar-refractivity contribution in [2.24, 2.45) is 0 Å². The number of anilines is 1. The van der Waals surface area contributed by atoms with Crippen LogP contribution in [0.3, 0.4) is 0 Å². The Morgan fingerprint density at radius 1 is 1.50 bits per heavy atom. The standard InChI is InChI=1S/C11H15N3/c1-2-11(7-12-4-1)14-8-9-6-10(14)3-5-13-9/h1-2,4,7,9-10,13H,3,5-6,8H2/t9-,10+/m1/s1. The lowest BCUT2D eigenvalue weighted by Gasteiger charge is -2.25. The first-order valence-electron chi connectivity index (χ1n) is 5.33. The number of aromatic nitrogens is 1. The topological polar surface area (TPSA) is 28.2 Å². The third-order valence-electron chi connectivity index (χ3n) is 3.30. The minimum absolute atomic E-state index is 0.703. The van der Waals surface area contributed by atoms with Gasteiger partial charge in [-0.15, -0.1) is 0 Å². The Morgan fingerprint density at radius 2 is 2.50 bits per heavy atom. The molecule has 2 aliphatic rings. The number of nitrogens with one attached hydrogen (secondary N) is 1. The van der Waals surface area contributed by atoms with Crippen LogP contribution in [-0.2, 0) is 0 Å². The lowest BCUT2D eigenvalue weighted by Crippen LogP contribution is -2.35. The van der Waals surface area contributed by atoms with Gasteiger partial charge in [0.25, 0.3) is 0 Å². The number of fused-ring (bicyclic) bond motifs is 2. The van der Waals surface area contributed by atoms with Gasteiger partial charge in [-0.25, -0.2) is 0 Å². The molecule has 0 saturated carbocycles. The van der Waals surface area contributed by atoms with E-state index < -0.39 is 0 Å². The summed E-state index contributed by atoms with van der Waals surface area (Å²) in [6, 6.07) is 5.62. The molecule has 0 radical (unpaired) electrons. The zero-order chi connectivity index (χ0) is 9.38. The van der Waals surface area contributed by atoms with Gasteiger partial charge in [0.05, 0.1) is 11.9 Å². The number of rotatable bonds is 1. The van der Waals surface area contributed by atoms with Gasteiger partial charge in [0.15, 0.2) is 0 Å². The second kappa shape index (κ2) is 3.24. The molecule has 3 heteroatoms. The average molecular weight is 189 g/mol. The first kappa shape index (κ1) is 8.24. The summed E-state index contributed by atoms with van der Waals surface area (Å²) in [6.45, 7) is 2.32. The number of piperidine rings is 1. The summed E-state index contributed by atoms with van der Waals surface area (Å²) in [5, 5.41) is 3.55. The van der Waals surface area contributed by atoms with Crippen LogP contribution in [0, 0.1) is 0 Å². The molecule has 0 amide bonds. The molecule has 2 aliphatic heterocycles. The number of pyridine rings is 1. The molecule has 3 rings (SSSR count). The second-order valence-corrected chi connectivity index (χ2v) is 4.19. The lowest BCUT2D eigenvalue weighted by molar-refractivity contribution is 0.449. The molecule has 1 aromatic heterocycles. The molecule has 0 aromatic carbocycles. The minimum atomic E-state index is 0.703. The van der Waals surface area contributed by atoms with Crippen LogP contribution in [0.25, 0.3) is 0 Å². The summed E-state index contributed by atoms with van der Waals surface area (Å²) in [5.74, 6) is 0. The largest absolute Gasteiger partial charge is 0.366 e. The van der Waals surface area contributed by atoms with Crippen LogP contribution < -0.4 is 10.2 Å². The van der Waals surface area contributed by atoms with Crippen LogP contribution in [0.5, 0.6) is 0 Å². The van der Waals surface area contributed by atoms with Gasteiger partial charge in [0.1, 0.15) is 0 Å². The summed E-state index contributed by atoms with van der Waals surface area (Å²) in [7, 11) is 0. The van der Waals surface area contributed by atoms with Crippen LogP contribution in [0.1, 0.15) is 12.8 Å². The monoisotopic (exact) mass is 189 g/mol. The van der Waals surface area contributed by atoms with E-state index in [1.54, 1.807) is 0 Å². The third kappa shape index (κ3) is 1.28. The van der Waals surface area contributed by atoms with Gasteiger partial charge in [0.2, 0.25) is 0 Å². The van der Waals surface area contributed by atoms with Crippen LogP contribution in [-0.4, -0.2) is 30.2 Å². The molecule has 1 aromatic rings. The van der Waals surface area contributed by atoms with E-state index in [0.717, 1.165) is 12.6 Å². The normalized spacial score (nSPS) is 30.7. The number of nitrogens with zero attached hydrogens (tertiary/aromatic N) is 2. The van der Waals surface area contributed by atoms with E-state index in [0.29, 0.717) is 6.04 Å². The van der Waals surface area contributed by atoms with Crippen molar-refractivity contribution < 1.29 is 0 Å². The second-order valence-electron chi connectivity index (χ2n) is 4.19. The van der Waals surface area contributed by atoms with Gasteiger partial charge in [0, 0.05) is 24.8 Å². The summed E-state index contributed by atoms with van der Waals surface area (Å²) >= 11 is 0. The molecule has 14 heavy (non-hydrogen) atoms. The minimum Gasteiger partial charge on any atom is -0.366 e. The van der Waals surface area contributed by atoms with E-state index in [1.807, 2.05) is 18.5 Å². The van der Waals surface area contributed by atoms with Crippen molar-refractivity contribution in [2.45, 2.75) is 24.9 Å². The SMILES string of the molecule is c1cncc(N2C[C@H]3C[C@@H]2CCN3)c1. The Bertz CT molecular complexity index is 312. The molecule has 2 saturated heterocycles. The van der Waals surface area contributed by atoms with E-state index >= 15 is 0 Å². The molecule has 0 spiro atoms. The Kier molecular flexibility index (Phi) is 1.91. The number of hydrogen-bond acceptors (Lipinski definition) is 3. The molecule has 74 valence electrons. The quantitative estimate of drug-likeness (QED) is 0.715. The van der Waals surface area contributed by atoms with Crippen LogP contribution in [0.15, 0.2) is 24.5 Å². The fraction of sp³-hybridized carbons (Fsp3) is 0.545. The highest BCUT2D eigenvalue weighted by Gasteiger charge is 2.34. The highest BCUT2D eigenvalue weighted by molar-refractivity contribution is 5.47.